The Morgan fingerprint density at radius 3 is 2.44 bits per heavy atom. The molecule has 2 aliphatic rings. The summed E-state index contributed by atoms with van der Waals surface area (Å²) in [5, 5.41) is 0.895. The van der Waals surface area contributed by atoms with Crippen LogP contribution in [0.2, 0.25) is 0 Å². The Kier molecular flexibility index (Phi) is 6.77. The molecule has 4 aromatic rings. The van der Waals surface area contributed by atoms with Crippen molar-refractivity contribution in [3.63, 3.8) is 0 Å². The Labute approximate surface area is 232 Å². The fourth-order valence-electron chi connectivity index (χ4n) is 5.89. The molecule has 3 amide bonds. The van der Waals surface area contributed by atoms with Crippen molar-refractivity contribution in [1.82, 2.24) is 9.88 Å². The van der Waals surface area contributed by atoms with Gasteiger partial charge in [0.05, 0.1) is 22.3 Å². The first-order chi connectivity index (χ1) is 18.9. The molecule has 6 rings (SSSR count). The van der Waals surface area contributed by atoms with Gasteiger partial charge in [0.1, 0.15) is 11.0 Å². The molecular weight excluding hydrogens is 506 g/mol. The molecule has 1 aliphatic heterocycles. The predicted octanol–water partition coefficient (Wildman–Crippen LogP) is 6.69. The highest BCUT2D eigenvalue weighted by molar-refractivity contribution is 7.21. The zero-order valence-corrected chi connectivity index (χ0v) is 23.0. The van der Waals surface area contributed by atoms with Crippen molar-refractivity contribution in [2.24, 2.45) is 0 Å². The second kappa shape index (κ2) is 10.4. The Bertz CT molecular complexity index is 1570. The number of hydrogen-bond donors (Lipinski definition) is 0. The summed E-state index contributed by atoms with van der Waals surface area (Å²) in [5.74, 6) is -0.753. The summed E-state index contributed by atoms with van der Waals surface area (Å²) in [4.78, 5) is 48.7. The maximum atomic E-state index is 13.9. The molecule has 198 valence electrons. The molecule has 3 aromatic carbocycles. The quantitative estimate of drug-likeness (QED) is 0.266. The van der Waals surface area contributed by atoms with Crippen LogP contribution in [0.5, 0.6) is 0 Å². The fraction of sp³-hybridized carbons (Fsp3) is 0.312. The van der Waals surface area contributed by atoms with Crippen molar-refractivity contribution in [1.29, 1.82) is 0 Å². The van der Waals surface area contributed by atoms with Gasteiger partial charge in [0.15, 0.2) is 0 Å². The Balaban J connectivity index is 1.29. The third kappa shape index (κ3) is 4.76. The molecule has 7 heteroatoms. The van der Waals surface area contributed by atoms with E-state index in [2.05, 4.69) is 19.1 Å². The molecule has 2 fully saturated rings. The number of thiazole rings is 1. The highest BCUT2D eigenvalue weighted by atomic mass is 32.1. The van der Waals surface area contributed by atoms with E-state index in [4.69, 9.17) is 4.98 Å². The van der Waals surface area contributed by atoms with Gasteiger partial charge in [-0.15, -0.1) is 11.3 Å². The van der Waals surface area contributed by atoms with Crippen molar-refractivity contribution in [2.75, 3.05) is 4.90 Å². The van der Waals surface area contributed by atoms with Crippen molar-refractivity contribution >= 4 is 45.0 Å². The van der Waals surface area contributed by atoms with E-state index >= 15 is 0 Å². The number of carbonyl (C=O) groups excluding carboxylic acids is 3. The van der Waals surface area contributed by atoms with E-state index in [0.717, 1.165) is 58.5 Å². The minimum absolute atomic E-state index is 0.00588. The van der Waals surface area contributed by atoms with Gasteiger partial charge in [-0.2, -0.15) is 0 Å². The van der Waals surface area contributed by atoms with Gasteiger partial charge >= 0.3 is 0 Å². The summed E-state index contributed by atoms with van der Waals surface area (Å²) in [6.07, 6.45) is 4.89. The van der Waals surface area contributed by atoms with E-state index in [0.29, 0.717) is 11.3 Å². The molecule has 0 bridgehead atoms. The van der Waals surface area contributed by atoms with E-state index in [1.807, 2.05) is 49.4 Å². The summed E-state index contributed by atoms with van der Waals surface area (Å²) < 4.78 is 1.13. The molecule has 6 nitrogen and oxygen atoms in total. The lowest BCUT2D eigenvalue weighted by atomic mass is 9.91. The molecule has 39 heavy (non-hydrogen) atoms. The minimum atomic E-state index is -0.792. The lowest BCUT2D eigenvalue weighted by molar-refractivity contribution is -0.123. The van der Waals surface area contributed by atoms with Crippen molar-refractivity contribution in [3.8, 4) is 10.6 Å². The molecule has 0 radical (unpaired) electrons. The molecule has 1 saturated carbocycles. The van der Waals surface area contributed by atoms with E-state index in [9.17, 15) is 14.4 Å². The molecule has 1 atom stereocenters. The number of carbonyl (C=O) groups is 3. The molecule has 0 spiro atoms. The van der Waals surface area contributed by atoms with Gasteiger partial charge in [0.25, 0.3) is 11.8 Å². The highest BCUT2D eigenvalue weighted by Crippen LogP contribution is 2.35. The van der Waals surface area contributed by atoms with Crippen LogP contribution in [0.25, 0.3) is 20.8 Å². The monoisotopic (exact) mass is 537 g/mol. The highest BCUT2D eigenvalue weighted by Gasteiger charge is 2.46. The van der Waals surface area contributed by atoms with E-state index in [1.54, 1.807) is 28.4 Å². The standard InChI is InChI=1S/C32H31N3O3S/c1-20-12-17-26-28(18-20)39-30(33-26)22-13-15-24(16-14-22)35-29(36)19-27(32(35)38)34(23-9-4-3-5-10-23)31(37)25-11-7-6-8-21(25)2/h6-8,11-18,23,27H,3-5,9-10,19H2,1-2H3. The number of anilines is 1. The first-order valence-corrected chi connectivity index (χ1v) is 14.4. The summed E-state index contributed by atoms with van der Waals surface area (Å²) >= 11 is 1.62. The van der Waals surface area contributed by atoms with Gasteiger partial charge in [-0.3, -0.25) is 14.4 Å². The van der Waals surface area contributed by atoms with E-state index in [1.165, 1.54) is 10.5 Å². The van der Waals surface area contributed by atoms with Crippen molar-refractivity contribution < 1.29 is 14.4 Å². The van der Waals surface area contributed by atoms with Crippen LogP contribution in [0.3, 0.4) is 0 Å². The molecule has 1 unspecified atom stereocenters. The number of benzene rings is 3. The van der Waals surface area contributed by atoms with Crippen LogP contribution in [0.4, 0.5) is 5.69 Å². The molecule has 0 N–H and O–H groups in total. The molecule has 1 saturated heterocycles. The van der Waals surface area contributed by atoms with Gasteiger partial charge < -0.3 is 4.90 Å². The second-order valence-corrected chi connectivity index (χ2v) is 11.7. The summed E-state index contributed by atoms with van der Waals surface area (Å²) in [6, 6.07) is 20.3. The average molecular weight is 538 g/mol. The van der Waals surface area contributed by atoms with Gasteiger partial charge in [-0.1, -0.05) is 43.5 Å². The number of amides is 3. The number of nitrogens with zero attached hydrogens (tertiary/aromatic N) is 3. The maximum Gasteiger partial charge on any atom is 0.257 e. The number of imide groups is 1. The lowest BCUT2D eigenvalue weighted by Gasteiger charge is -2.37. The van der Waals surface area contributed by atoms with Gasteiger partial charge in [0, 0.05) is 17.2 Å². The number of fused-ring (bicyclic) bond motifs is 1. The minimum Gasteiger partial charge on any atom is -0.323 e. The third-order valence-corrected chi connectivity index (χ3v) is 9.02. The van der Waals surface area contributed by atoms with Gasteiger partial charge in [-0.25, -0.2) is 9.88 Å². The average Bonchev–Trinajstić information content (AvgIpc) is 3.49. The fourth-order valence-corrected chi connectivity index (χ4v) is 6.96. The van der Waals surface area contributed by atoms with Crippen molar-refractivity contribution in [3.05, 3.63) is 83.4 Å². The van der Waals surface area contributed by atoms with E-state index < -0.39 is 6.04 Å². The second-order valence-electron chi connectivity index (χ2n) is 10.6. The van der Waals surface area contributed by atoms with Gasteiger partial charge in [0.2, 0.25) is 5.91 Å². The number of aryl methyl sites for hydroxylation is 2. The zero-order chi connectivity index (χ0) is 27.1. The SMILES string of the molecule is Cc1ccc2nc(-c3ccc(N4C(=O)CC(N(C(=O)c5ccccc5C)C5CCCCC5)C4=O)cc3)sc2c1. The predicted molar refractivity (Wildman–Crippen MR) is 155 cm³/mol. The summed E-state index contributed by atoms with van der Waals surface area (Å²) in [7, 11) is 0. The largest absolute Gasteiger partial charge is 0.323 e. The zero-order valence-electron chi connectivity index (χ0n) is 22.2. The Morgan fingerprint density at radius 1 is 0.949 bits per heavy atom. The number of rotatable bonds is 5. The molecule has 2 heterocycles. The van der Waals surface area contributed by atoms with Crippen molar-refractivity contribution in [2.45, 2.75) is 64.5 Å². The van der Waals surface area contributed by atoms with Crippen LogP contribution in [0.15, 0.2) is 66.7 Å². The van der Waals surface area contributed by atoms with Crippen LogP contribution < -0.4 is 4.90 Å². The Hall–Kier alpha value is -3.84. The smallest absolute Gasteiger partial charge is 0.257 e. The lowest BCUT2D eigenvalue weighted by Crippen LogP contribution is -2.51. The normalized spacial score (nSPS) is 18.2. The molecule has 1 aliphatic carbocycles. The van der Waals surface area contributed by atoms with Crippen LogP contribution in [-0.4, -0.2) is 39.7 Å². The topological polar surface area (TPSA) is 70.6 Å². The number of aromatic nitrogens is 1. The van der Waals surface area contributed by atoms with Gasteiger partial charge in [-0.05, 0) is 80.3 Å². The first-order valence-electron chi connectivity index (χ1n) is 13.6. The van der Waals surface area contributed by atoms with Crippen LogP contribution in [0.1, 0.15) is 60.0 Å². The third-order valence-electron chi connectivity index (χ3n) is 7.95. The summed E-state index contributed by atoms with van der Waals surface area (Å²) in [5.41, 5.74) is 5.08. The van der Waals surface area contributed by atoms with Crippen LogP contribution in [0, 0.1) is 13.8 Å². The number of hydrogen-bond acceptors (Lipinski definition) is 5. The first kappa shape index (κ1) is 25.4. The van der Waals surface area contributed by atoms with Crippen LogP contribution >= 0.6 is 11.3 Å². The molecule has 1 aromatic heterocycles. The Morgan fingerprint density at radius 2 is 1.69 bits per heavy atom. The summed E-state index contributed by atoms with van der Waals surface area (Å²) in [6.45, 7) is 3.98. The van der Waals surface area contributed by atoms with E-state index in [-0.39, 0.29) is 30.2 Å². The van der Waals surface area contributed by atoms with Crippen LogP contribution in [-0.2, 0) is 9.59 Å². The maximum absolute atomic E-state index is 13.9. The molecular formula is C32H31N3O3S.